The van der Waals surface area contributed by atoms with E-state index in [1.807, 2.05) is 66.7 Å². The lowest BCUT2D eigenvalue weighted by Gasteiger charge is -2.14. The van der Waals surface area contributed by atoms with Crippen molar-refractivity contribution in [3.05, 3.63) is 110 Å². The molecule has 1 heterocycles. The summed E-state index contributed by atoms with van der Waals surface area (Å²) in [6.45, 7) is 0.438. The van der Waals surface area contributed by atoms with Crippen molar-refractivity contribution in [2.75, 3.05) is 4.90 Å². The Hall–Kier alpha value is -2.45. The summed E-state index contributed by atoms with van der Waals surface area (Å²) in [5.74, 6) is 0.589. The largest absolute Gasteiger partial charge is 0.487 e. The summed E-state index contributed by atoms with van der Waals surface area (Å²) in [6.07, 6.45) is 1.85. The number of carbonyl (C=O) groups is 1. The molecule has 1 amide bonds. The molecule has 1 saturated heterocycles. The lowest BCUT2D eigenvalue weighted by atomic mass is 10.1. The fraction of sp³-hybridized carbons (Fsp3) is 0.0370. The summed E-state index contributed by atoms with van der Waals surface area (Å²) >= 11 is 14.0. The Kier molecular flexibility index (Phi) is 6.88. The molecule has 0 aromatic heterocycles. The van der Waals surface area contributed by atoms with E-state index in [0.717, 1.165) is 25.8 Å². The van der Waals surface area contributed by atoms with Crippen LogP contribution in [0.2, 0.25) is 0 Å². The number of hydrogen-bond donors (Lipinski definition) is 0. The van der Waals surface area contributed by atoms with Crippen LogP contribution in [-0.4, -0.2) is 10.2 Å². The van der Waals surface area contributed by atoms with Crippen molar-refractivity contribution in [1.82, 2.24) is 0 Å². The Morgan fingerprint density at radius 3 is 2.35 bits per heavy atom. The van der Waals surface area contributed by atoms with Crippen LogP contribution >= 0.6 is 55.8 Å². The van der Waals surface area contributed by atoms with Gasteiger partial charge in [-0.25, -0.2) is 0 Å². The van der Waals surface area contributed by atoms with Gasteiger partial charge in [-0.2, -0.15) is 0 Å². The molecule has 7 heteroatoms. The Labute approximate surface area is 224 Å². The van der Waals surface area contributed by atoms with Gasteiger partial charge in [-0.05, 0) is 84.1 Å². The number of rotatable bonds is 5. The summed E-state index contributed by atoms with van der Waals surface area (Å²) in [5, 5.41) is 2.36. The van der Waals surface area contributed by atoms with Crippen molar-refractivity contribution < 1.29 is 9.53 Å². The summed E-state index contributed by atoms with van der Waals surface area (Å²) in [5.41, 5.74) is 2.75. The maximum absolute atomic E-state index is 13.0. The predicted molar refractivity (Wildman–Crippen MR) is 152 cm³/mol. The molecule has 0 bridgehead atoms. The number of fused-ring (bicyclic) bond motifs is 1. The van der Waals surface area contributed by atoms with Crippen LogP contribution in [0.4, 0.5) is 5.69 Å². The zero-order valence-corrected chi connectivity index (χ0v) is 22.5. The number of para-hydroxylation sites is 1. The second kappa shape index (κ2) is 10.0. The van der Waals surface area contributed by atoms with Gasteiger partial charge in [-0.3, -0.25) is 9.69 Å². The molecule has 3 nitrogen and oxygen atoms in total. The van der Waals surface area contributed by atoms with E-state index in [0.29, 0.717) is 21.6 Å². The summed E-state index contributed by atoms with van der Waals surface area (Å²) in [4.78, 5) is 15.2. The number of anilines is 1. The topological polar surface area (TPSA) is 29.5 Å². The minimum absolute atomic E-state index is 0.121. The number of amides is 1. The van der Waals surface area contributed by atoms with E-state index < -0.39 is 0 Å². The number of ether oxygens (including phenoxy) is 1. The van der Waals surface area contributed by atoms with Crippen molar-refractivity contribution in [3.8, 4) is 5.75 Å². The number of carbonyl (C=O) groups excluding carboxylic acids is 1. The van der Waals surface area contributed by atoms with Crippen LogP contribution in [0.5, 0.6) is 5.75 Å². The highest BCUT2D eigenvalue weighted by molar-refractivity contribution is 9.11. The molecular weight excluding hydrogens is 594 g/mol. The van der Waals surface area contributed by atoms with Gasteiger partial charge in [0.2, 0.25) is 0 Å². The number of thiocarbonyl (C=S) groups is 1. The lowest BCUT2D eigenvalue weighted by molar-refractivity contribution is -0.113. The number of nitrogens with zero attached hydrogens (tertiary/aromatic N) is 1. The van der Waals surface area contributed by atoms with Gasteiger partial charge in [0.05, 0.1) is 19.5 Å². The van der Waals surface area contributed by atoms with E-state index in [2.05, 4.69) is 56.1 Å². The number of benzene rings is 4. The average Bonchev–Trinajstić information content (AvgIpc) is 3.11. The van der Waals surface area contributed by atoms with E-state index in [9.17, 15) is 4.79 Å². The van der Waals surface area contributed by atoms with Gasteiger partial charge < -0.3 is 4.74 Å². The van der Waals surface area contributed by atoms with E-state index in [-0.39, 0.29) is 5.91 Å². The van der Waals surface area contributed by atoms with E-state index >= 15 is 0 Å². The number of halogens is 2. The first-order valence-corrected chi connectivity index (χ1v) is 13.2. The Morgan fingerprint density at radius 2 is 1.59 bits per heavy atom. The number of thioether (sulfide) groups is 1. The van der Waals surface area contributed by atoms with Crippen molar-refractivity contribution >= 4 is 88.6 Å². The second-order valence-electron chi connectivity index (χ2n) is 7.59. The maximum atomic E-state index is 13.0. The molecule has 34 heavy (non-hydrogen) atoms. The van der Waals surface area contributed by atoms with E-state index in [1.165, 1.54) is 22.5 Å². The SMILES string of the molecule is O=C1/C(=C\c2cc(Br)c(OCc3cccc4ccccc34)c(Br)c2)SC(=S)N1c1ccccc1. The monoisotopic (exact) mass is 609 g/mol. The van der Waals surface area contributed by atoms with Crippen LogP contribution in [-0.2, 0) is 11.4 Å². The molecule has 1 aliphatic rings. The fourth-order valence-electron chi connectivity index (χ4n) is 3.79. The first-order chi connectivity index (χ1) is 16.5. The predicted octanol–water partition coefficient (Wildman–Crippen LogP) is 8.35. The van der Waals surface area contributed by atoms with Gasteiger partial charge in [-0.1, -0.05) is 84.6 Å². The highest BCUT2D eigenvalue weighted by atomic mass is 79.9. The zero-order valence-electron chi connectivity index (χ0n) is 17.7. The molecule has 0 saturated carbocycles. The minimum Gasteiger partial charge on any atom is -0.487 e. The maximum Gasteiger partial charge on any atom is 0.270 e. The Bertz CT molecular complexity index is 1430. The van der Waals surface area contributed by atoms with Gasteiger partial charge in [-0.15, -0.1) is 0 Å². The van der Waals surface area contributed by atoms with Crippen LogP contribution in [0, 0.1) is 0 Å². The van der Waals surface area contributed by atoms with Crippen LogP contribution in [0.15, 0.2) is 98.8 Å². The molecule has 5 rings (SSSR count). The fourth-order valence-corrected chi connectivity index (χ4v) is 6.54. The normalized spacial score (nSPS) is 14.9. The van der Waals surface area contributed by atoms with Crippen LogP contribution in [0.3, 0.4) is 0 Å². The average molecular weight is 611 g/mol. The van der Waals surface area contributed by atoms with Gasteiger partial charge in [0, 0.05) is 0 Å². The quantitative estimate of drug-likeness (QED) is 0.168. The molecule has 4 aromatic carbocycles. The summed E-state index contributed by atoms with van der Waals surface area (Å²) in [6, 6.07) is 27.8. The van der Waals surface area contributed by atoms with Gasteiger partial charge in [0.1, 0.15) is 12.4 Å². The van der Waals surface area contributed by atoms with Crippen molar-refractivity contribution in [3.63, 3.8) is 0 Å². The molecule has 0 unspecified atom stereocenters. The third-order valence-corrected chi connectivity index (χ3v) is 7.86. The van der Waals surface area contributed by atoms with Crippen LogP contribution in [0.1, 0.15) is 11.1 Å². The van der Waals surface area contributed by atoms with Crippen molar-refractivity contribution in [1.29, 1.82) is 0 Å². The highest BCUT2D eigenvalue weighted by Gasteiger charge is 2.33. The standard InChI is InChI=1S/C27H17Br2NO2S2/c28-22-13-17(15-24-26(31)30(27(33)34-24)20-10-2-1-3-11-20)14-23(29)25(22)32-16-19-9-6-8-18-7-4-5-12-21(18)19/h1-15H,16H2/b24-15+. The van der Waals surface area contributed by atoms with Crippen molar-refractivity contribution in [2.45, 2.75) is 6.61 Å². The smallest absolute Gasteiger partial charge is 0.270 e. The summed E-state index contributed by atoms with van der Waals surface area (Å²) in [7, 11) is 0. The first-order valence-electron chi connectivity index (χ1n) is 10.4. The molecule has 0 N–H and O–H groups in total. The Balaban J connectivity index is 1.38. The van der Waals surface area contributed by atoms with Gasteiger partial charge in [0.15, 0.2) is 4.32 Å². The second-order valence-corrected chi connectivity index (χ2v) is 11.0. The third-order valence-electron chi connectivity index (χ3n) is 5.38. The van der Waals surface area contributed by atoms with Crippen molar-refractivity contribution in [2.24, 2.45) is 0 Å². The number of hydrogen-bond acceptors (Lipinski definition) is 4. The van der Waals surface area contributed by atoms with E-state index in [4.69, 9.17) is 17.0 Å². The molecule has 168 valence electrons. The van der Waals surface area contributed by atoms with Gasteiger partial charge in [0.25, 0.3) is 5.91 Å². The molecule has 1 fully saturated rings. The first kappa shape index (κ1) is 23.3. The molecular formula is C27H17Br2NO2S2. The minimum atomic E-state index is -0.121. The lowest BCUT2D eigenvalue weighted by Crippen LogP contribution is -2.27. The molecule has 1 aliphatic heterocycles. The molecule has 0 radical (unpaired) electrons. The van der Waals surface area contributed by atoms with Gasteiger partial charge >= 0.3 is 0 Å². The van der Waals surface area contributed by atoms with E-state index in [1.54, 1.807) is 4.90 Å². The molecule has 0 atom stereocenters. The highest BCUT2D eigenvalue weighted by Crippen LogP contribution is 2.39. The molecule has 0 spiro atoms. The zero-order chi connectivity index (χ0) is 23.7. The summed E-state index contributed by atoms with van der Waals surface area (Å²) < 4.78 is 8.30. The third kappa shape index (κ3) is 4.70. The molecule has 0 aliphatic carbocycles. The Morgan fingerprint density at radius 1 is 0.912 bits per heavy atom. The van der Waals surface area contributed by atoms with Crippen LogP contribution < -0.4 is 9.64 Å². The van der Waals surface area contributed by atoms with Crippen LogP contribution in [0.25, 0.3) is 16.8 Å². The molecule has 4 aromatic rings.